The molecule has 1 aromatic rings. The number of hydrogen-bond donors (Lipinski definition) is 2. The van der Waals surface area contributed by atoms with Crippen molar-refractivity contribution in [3.05, 3.63) is 34.9 Å². The second kappa shape index (κ2) is 4.92. The van der Waals surface area contributed by atoms with Crippen LogP contribution in [-0.2, 0) is 4.79 Å². The zero-order valence-electron chi connectivity index (χ0n) is 11.1. The first-order valence-electron chi connectivity index (χ1n) is 6.21. The van der Waals surface area contributed by atoms with Gasteiger partial charge in [0.1, 0.15) is 11.5 Å². The number of ketones is 3. The highest BCUT2D eigenvalue weighted by Crippen LogP contribution is 2.35. The number of hydrogen-bond acceptors (Lipinski definition) is 5. The number of aromatic hydroxyl groups is 2. The minimum Gasteiger partial charge on any atom is -0.507 e. The number of Topliss-reactive ketones (excluding diaryl/α,β-unsaturated/α-hetero) is 2. The van der Waals surface area contributed by atoms with E-state index in [2.05, 4.69) is 0 Å². The number of benzene rings is 1. The molecule has 1 aliphatic carbocycles. The van der Waals surface area contributed by atoms with E-state index in [1.165, 1.54) is 0 Å². The fraction of sp³-hybridized carbons (Fsp3) is 0.267. The number of fused-ring (bicyclic) bond motifs is 1. The zero-order valence-corrected chi connectivity index (χ0v) is 11.1. The van der Waals surface area contributed by atoms with Crippen LogP contribution in [0.4, 0.5) is 0 Å². The Hall–Kier alpha value is -2.43. The van der Waals surface area contributed by atoms with Gasteiger partial charge < -0.3 is 10.2 Å². The summed E-state index contributed by atoms with van der Waals surface area (Å²) in [5, 5.41) is 19.4. The van der Waals surface area contributed by atoms with Crippen molar-refractivity contribution < 1.29 is 24.6 Å². The third kappa shape index (κ3) is 2.22. The predicted octanol–water partition coefficient (Wildman–Crippen LogP) is 2.02. The van der Waals surface area contributed by atoms with Crippen LogP contribution in [0.2, 0.25) is 0 Å². The van der Waals surface area contributed by atoms with Crippen LogP contribution in [0, 0.1) is 5.92 Å². The summed E-state index contributed by atoms with van der Waals surface area (Å²) in [5.41, 5.74) is -0.794. The van der Waals surface area contributed by atoms with Gasteiger partial charge in [0.15, 0.2) is 11.6 Å². The second-order valence-electron chi connectivity index (χ2n) is 5.13. The van der Waals surface area contributed by atoms with E-state index in [9.17, 15) is 24.6 Å². The molecule has 0 radical (unpaired) electrons. The van der Waals surface area contributed by atoms with Crippen molar-refractivity contribution in [1.29, 1.82) is 0 Å². The number of phenolic OH excluding ortho intramolecular Hbond substituents is 2. The van der Waals surface area contributed by atoms with Gasteiger partial charge in [0.25, 0.3) is 0 Å². The average molecular weight is 274 g/mol. The van der Waals surface area contributed by atoms with Crippen LogP contribution in [0.25, 0.3) is 0 Å². The summed E-state index contributed by atoms with van der Waals surface area (Å²) in [5.74, 6) is -2.57. The molecule has 0 amide bonds. The first kappa shape index (κ1) is 14.0. The Labute approximate surface area is 115 Å². The van der Waals surface area contributed by atoms with E-state index < -0.39 is 23.1 Å². The SMILES string of the molecule is CC(C)CC(=O)C1=CC(=O)c2c(O)ccc(O)c2C1=O. The summed E-state index contributed by atoms with van der Waals surface area (Å²) in [6, 6.07) is 2.25. The lowest BCUT2D eigenvalue weighted by Crippen LogP contribution is -2.23. The maximum atomic E-state index is 12.2. The van der Waals surface area contributed by atoms with Gasteiger partial charge in [-0.1, -0.05) is 13.8 Å². The van der Waals surface area contributed by atoms with Gasteiger partial charge in [-0.05, 0) is 18.1 Å². The molecule has 0 unspecified atom stereocenters. The zero-order chi connectivity index (χ0) is 15.0. The van der Waals surface area contributed by atoms with E-state index in [0.717, 1.165) is 18.2 Å². The van der Waals surface area contributed by atoms with E-state index in [-0.39, 0.29) is 34.8 Å². The predicted molar refractivity (Wildman–Crippen MR) is 71.0 cm³/mol. The first-order chi connectivity index (χ1) is 9.32. The molecule has 5 heteroatoms. The molecule has 0 atom stereocenters. The summed E-state index contributed by atoms with van der Waals surface area (Å²) in [6.45, 7) is 3.65. The van der Waals surface area contributed by atoms with Crippen LogP contribution >= 0.6 is 0 Å². The largest absolute Gasteiger partial charge is 0.507 e. The van der Waals surface area contributed by atoms with Crippen molar-refractivity contribution in [2.45, 2.75) is 20.3 Å². The van der Waals surface area contributed by atoms with Crippen molar-refractivity contribution in [2.75, 3.05) is 0 Å². The molecule has 5 nitrogen and oxygen atoms in total. The van der Waals surface area contributed by atoms with E-state index in [0.29, 0.717) is 0 Å². The van der Waals surface area contributed by atoms with Crippen molar-refractivity contribution in [3.63, 3.8) is 0 Å². The number of allylic oxidation sites excluding steroid dienone is 2. The van der Waals surface area contributed by atoms with E-state index in [1.54, 1.807) is 0 Å². The Morgan fingerprint density at radius 3 is 2.20 bits per heavy atom. The highest BCUT2D eigenvalue weighted by Gasteiger charge is 2.33. The van der Waals surface area contributed by atoms with Crippen LogP contribution in [-0.4, -0.2) is 27.6 Å². The molecule has 2 rings (SSSR count). The van der Waals surface area contributed by atoms with Crippen LogP contribution < -0.4 is 0 Å². The van der Waals surface area contributed by atoms with Gasteiger partial charge in [0.2, 0.25) is 5.78 Å². The van der Waals surface area contributed by atoms with E-state index >= 15 is 0 Å². The lowest BCUT2D eigenvalue weighted by Gasteiger charge is -2.17. The van der Waals surface area contributed by atoms with Gasteiger partial charge in [-0.2, -0.15) is 0 Å². The van der Waals surface area contributed by atoms with Crippen molar-refractivity contribution in [2.24, 2.45) is 5.92 Å². The first-order valence-corrected chi connectivity index (χ1v) is 6.21. The summed E-state index contributed by atoms with van der Waals surface area (Å²) < 4.78 is 0. The Balaban J connectivity index is 2.54. The molecule has 104 valence electrons. The molecule has 0 aliphatic heterocycles. The maximum absolute atomic E-state index is 12.2. The minimum absolute atomic E-state index is 0.0467. The van der Waals surface area contributed by atoms with Crippen LogP contribution in [0.3, 0.4) is 0 Å². The highest BCUT2D eigenvalue weighted by molar-refractivity contribution is 6.36. The fourth-order valence-electron chi connectivity index (χ4n) is 2.15. The van der Waals surface area contributed by atoms with Crippen LogP contribution in [0.15, 0.2) is 23.8 Å². The molecule has 1 aromatic carbocycles. The van der Waals surface area contributed by atoms with E-state index in [4.69, 9.17) is 0 Å². The standard InChI is InChI=1S/C15H14O5/c1-7(2)5-11(18)8-6-12(19)13-9(16)3-4-10(17)14(13)15(8)20/h3-4,6-7,16-17H,5H2,1-2H3. The van der Waals surface area contributed by atoms with Gasteiger partial charge in [0, 0.05) is 12.5 Å². The molecule has 2 N–H and O–H groups in total. The molecule has 0 heterocycles. The molecule has 0 saturated heterocycles. The van der Waals surface area contributed by atoms with Gasteiger partial charge in [-0.25, -0.2) is 0 Å². The van der Waals surface area contributed by atoms with Gasteiger partial charge >= 0.3 is 0 Å². The normalized spacial score (nSPS) is 14.2. The summed E-state index contributed by atoms with van der Waals surface area (Å²) >= 11 is 0. The number of rotatable bonds is 3. The number of phenols is 2. The second-order valence-corrected chi connectivity index (χ2v) is 5.13. The monoisotopic (exact) mass is 274 g/mol. The summed E-state index contributed by atoms with van der Waals surface area (Å²) in [6.07, 6.45) is 1.08. The Morgan fingerprint density at radius 1 is 1.10 bits per heavy atom. The molecule has 1 aliphatic rings. The Bertz CT molecular complexity index is 652. The quantitative estimate of drug-likeness (QED) is 0.650. The molecular formula is C15H14O5. The topological polar surface area (TPSA) is 91.7 Å². The van der Waals surface area contributed by atoms with Crippen molar-refractivity contribution >= 4 is 17.3 Å². The third-order valence-electron chi connectivity index (χ3n) is 3.05. The van der Waals surface area contributed by atoms with Crippen molar-refractivity contribution in [1.82, 2.24) is 0 Å². The summed E-state index contributed by atoms with van der Waals surface area (Å²) in [4.78, 5) is 36.2. The number of carbonyl (C=O) groups excluding carboxylic acids is 3. The lowest BCUT2D eigenvalue weighted by molar-refractivity contribution is -0.115. The summed E-state index contributed by atoms with van der Waals surface area (Å²) in [7, 11) is 0. The third-order valence-corrected chi connectivity index (χ3v) is 3.05. The van der Waals surface area contributed by atoms with Gasteiger partial charge in [-0.15, -0.1) is 0 Å². The van der Waals surface area contributed by atoms with Gasteiger partial charge in [0.05, 0.1) is 16.7 Å². The Morgan fingerprint density at radius 2 is 1.65 bits per heavy atom. The minimum atomic E-state index is -0.723. The molecule has 0 spiro atoms. The highest BCUT2D eigenvalue weighted by atomic mass is 16.3. The fourth-order valence-corrected chi connectivity index (χ4v) is 2.15. The average Bonchev–Trinajstić information content (AvgIpc) is 2.35. The van der Waals surface area contributed by atoms with Crippen LogP contribution in [0.5, 0.6) is 11.5 Å². The van der Waals surface area contributed by atoms with E-state index in [1.807, 2.05) is 13.8 Å². The van der Waals surface area contributed by atoms with Crippen LogP contribution in [0.1, 0.15) is 41.0 Å². The molecule has 0 aromatic heterocycles. The Kier molecular flexibility index (Phi) is 3.44. The lowest BCUT2D eigenvalue weighted by atomic mass is 9.85. The number of carbonyl (C=O) groups is 3. The molecular weight excluding hydrogens is 260 g/mol. The van der Waals surface area contributed by atoms with Gasteiger partial charge in [-0.3, -0.25) is 14.4 Å². The molecule has 0 saturated carbocycles. The smallest absolute Gasteiger partial charge is 0.201 e. The molecule has 0 bridgehead atoms. The molecule has 0 fully saturated rings. The molecule has 20 heavy (non-hydrogen) atoms. The maximum Gasteiger partial charge on any atom is 0.201 e. The van der Waals surface area contributed by atoms with Crippen molar-refractivity contribution in [3.8, 4) is 11.5 Å².